The lowest BCUT2D eigenvalue weighted by molar-refractivity contribution is 0.0935. The van der Waals surface area contributed by atoms with Crippen molar-refractivity contribution in [2.45, 2.75) is 26.4 Å². The van der Waals surface area contributed by atoms with Crippen molar-refractivity contribution in [2.75, 3.05) is 11.1 Å². The molecule has 5 aromatic rings. The molecule has 0 aliphatic carbocycles. The third kappa shape index (κ3) is 5.21. The number of fused-ring (bicyclic) bond motifs is 1. The van der Waals surface area contributed by atoms with Gasteiger partial charge in [-0.05, 0) is 48.2 Å². The molecule has 3 heterocycles. The summed E-state index contributed by atoms with van der Waals surface area (Å²) in [4.78, 5) is 25.6. The Hall–Kier alpha value is -5.37. The van der Waals surface area contributed by atoms with E-state index in [0.29, 0.717) is 23.5 Å². The summed E-state index contributed by atoms with van der Waals surface area (Å²) in [6.07, 6.45) is 4.53. The maximum Gasteiger partial charge on any atom is 0.274 e. The third-order valence-corrected chi connectivity index (χ3v) is 6.35. The maximum absolute atomic E-state index is 14.0. The van der Waals surface area contributed by atoms with Gasteiger partial charge < -0.3 is 16.4 Å². The second kappa shape index (κ2) is 10.5. The molecule has 1 atom stereocenters. The Balaban J connectivity index is 1.32. The standard InChI is InChI=1S/C28H24FN9O/c1-16-3-6-20(11-23(16)29)17(2)36-28(39)24-27(33-14-21(12-30)37-24)32-13-18-4-7-19(8-5-18)22-9-10-38-25(22)26(31)34-15-35-38/h3-11,14-15,17H,13H2,1-2H3,(H,32,33)(H,36,39)(H2,31,34,35)/t17-/m0/s1. The molecule has 11 heteroatoms. The Morgan fingerprint density at radius 3 is 2.72 bits per heavy atom. The summed E-state index contributed by atoms with van der Waals surface area (Å²) in [5.41, 5.74) is 10.7. The van der Waals surface area contributed by atoms with E-state index in [4.69, 9.17) is 5.73 Å². The van der Waals surface area contributed by atoms with E-state index in [1.165, 1.54) is 18.6 Å². The first kappa shape index (κ1) is 25.3. The highest BCUT2D eigenvalue weighted by Gasteiger charge is 2.19. The molecule has 4 N–H and O–H groups in total. The van der Waals surface area contributed by atoms with E-state index in [9.17, 15) is 14.4 Å². The molecule has 0 bridgehead atoms. The van der Waals surface area contributed by atoms with Crippen LogP contribution in [0.4, 0.5) is 16.0 Å². The van der Waals surface area contributed by atoms with Crippen LogP contribution < -0.4 is 16.4 Å². The number of amides is 1. The average Bonchev–Trinajstić information content (AvgIpc) is 3.39. The van der Waals surface area contributed by atoms with Crippen molar-refractivity contribution in [1.29, 1.82) is 5.26 Å². The van der Waals surface area contributed by atoms with Gasteiger partial charge in [0.25, 0.3) is 5.91 Å². The number of aryl methyl sites for hydroxylation is 1. The van der Waals surface area contributed by atoms with Crippen LogP contribution in [-0.2, 0) is 6.54 Å². The predicted octanol–water partition coefficient (Wildman–Crippen LogP) is 4.19. The summed E-state index contributed by atoms with van der Waals surface area (Å²) in [6, 6.07) is 15.9. The van der Waals surface area contributed by atoms with E-state index >= 15 is 0 Å². The number of rotatable bonds is 7. The minimum Gasteiger partial charge on any atom is -0.382 e. The number of nitriles is 1. The Morgan fingerprint density at radius 2 is 1.97 bits per heavy atom. The Bertz CT molecular complexity index is 1720. The van der Waals surface area contributed by atoms with Gasteiger partial charge in [-0.15, -0.1) is 0 Å². The molecule has 0 saturated heterocycles. The topological polar surface area (TPSA) is 147 Å². The lowest BCUT2D eigenvalue weighted by Crippen LogP contribution is -2.29. The molecule has 0 aliphatic heterocycles. The van der Waals surface area contributed by atoms with E-state index < -0.39 is 11.9 Å². The van der Waals surface area contributed by atoms with E-state index in [-0.39, 0.29) is 23.0 Å². The van der Waals surface area contributed by atoms with Crippen LogP contribution in [-0.4, -0.2) is 30.5 Å². The van der Waals surface area contributed by atoms with Gasteiger partial charge in [-0.25, -0.2) is 23.9 Å². The fourth-order valence-corrected chi connectivity index (χ4v) is 4.16. The number of nitrogens with zero attached hydrogens (tertiary/aromatic N) is 6. The van der Waals surface area contributed by atoms with E-state index in [2.05, 4.69) is 30.7 Å². The molecule has 0 unspecified atom stereocenters. The zero-order chi connectivity index (χ0) is 27.5. The van der Waals surface area contributed by atoms with Crippen LogP contribution in [0.5, 0.6) is 0 Å². The van der Waals surface area contributed by atoms with Crippen LogP contribution in [0.3, 0.4) is 0 Å². The van der Waals surface area contributed by atoms with Crippen LogP contribution in [0, 0.1) is 24.1 Å². The predicted molar refractivity (Wildman–Crippen MR) is 144 cm³/mol. The van der Waals surface area contributed by atoms with E-state index in [1.807, 2.05) is 42.6 Å². The number of nitrogens with one attached hydrogen (secondary N) is 2. The molecule has 194 valence electrons. The number of nitrogen functional groups attached to an aromatic ring is 1. The van der Waals surface area contributed by atoms with E-state index in [0.717, 1.165) is 22.2 Å². The summed E-state index contributed by atoms with van der Waals surface area (Å²) in [7, 11) is 0. The molecule has 1 amide bonds. The average molecular weight is 522 g/mol. The molecule has 5 rings (SSSR count). The van der Waals surface area contributed by atoms with Crippen LogP contribution >= 0.6 is 0 Å². The lowest BCUT2D eigenvalue weighted by Gasteiger charge is -2.16. The number of hydrogen-bond donors (Lipinski definition) is 3. The van der Waals surface area contributed by atoms with Gasteiger partial charge in [0, 0.05) is 18.3 Å². The highest BCUT2D eigenvalue weighted by atomic mass is 19.1. The monoisotopic (exact) mass is 521 g/mol. The fourth-order valence-electron chi connectivity index (χ4n) is 4.16. The van der Waals surface area contributed by atoms with Gasteiger partial charge in [0.05, 0.1) is 12.2 Å². The molecule has 0 aliphatic rings. The molecule has 39 heavy (non-hydrogen) atoms. The Labute approximate surface area is 223 Å². The number of nitrogens with two attached hydrogens (primary N) is 1. The smallest absolute Gasteiger partial charge is 0.274 e. The quantitative estimate of drug-likeness (QED) is 0.289. The highest BCUT2D eigenvalue weighted by molar-refractivity contribution is 5.97. The minimum absolute atomic E-state index is 0.00660. The van der Waals surface area contributed by atoms with Crippen molar-refractivity contribution in [1.82, 2.24) is 29.9 Å². The number of aromatic nitrogens is 5. The van der Waals surface area contributed by atoms with Gasteiger partial charge in [0.1, 0.15) is 23.7 Å². The lowest BCUT2D eigenvalue weighted by atomic mass is 10.0. The van der Waals surface area contributed by atoms with Gasteiger partial charge >= 0.3 is 0 Å². The number of anilines is 2. The van der Waals surface area contributed by atoms with Crippen molar-refractivity contribution in [3.05, 3.63) is 101 Å². The number of halogens is 1. The van der Waals surface area contributed by atoms with Gasteiger partial charge in [-0.1, -0.05) is 36.4 Å². The highest BCUT2D eigenvalue weighted by Crippen LogP contribution is 2.28. The molecule has 3 aromatic heterocycles. The number of benzene rings is 2. The minimum atomic E-state index is -0.536. The first-order chi connectivity index (χ1) is 18.8. The molecule has 0 saturated carbocycles. The number of hydrogen-bond acceptors (Lipinski definition) is 8. The SMILES string of the molecule is Cc1ccc([C@H](C)NC(=O)c2nc(C#N)cnc2NCc2ccc(-c3ccn4ncnc(N)c34)cc2)cc1F. The second-order valence-corrected chi connectivity index (χ2v) is 8.99. The van der Waals surface area contributed by atoms with Crippen LogP contribution in [0.25, 0.3) is 16.6 Å². The van der Waals surface area contributed by atoms with Crippen molar-refractivity contribution < 1.29 is 9.18 Å². The summed E-state index contributed by atoms with van der Waals surface area (Å²) >= 11 is 0. The van der Waals surface area contributed by atoms with Crippen molar-refractivity contribution in [3.63, 3.8) is 0 Å². The van der Waals surface area contributed by atoms with Crippen molar-refractivity contribution in [2.24, 2.45) is 0 Å². The Morgan fingerprint density at radius 1 is 1.18 bits per heavy atom. The molecule has 0 radical (unpaired) electrons. The zero-order valence-electron chi connectivity index (χ0n) is 21.2. The molecular formula is C28H24FN9O. The van der Waals surface area contributed by atoms with Gasteiger partial charge in [0.15, 0.2) is 23.0 Å². The van der Waals surface area contributed by atoms with Crippen LogP contribution in [0.15, 0.2) is 67.3 Å². The summed E-state index contributed by atoms with van der Waals surface area (Å²) in [5.74, 6) is -0.273. The molecule has 0 spiro atoms. The second-order valence-electron chi connectivity index (χ2n) is 8.99. The van der Waals surface area contributed by atoms with Gasteiger partial charge in [-0.3, -0.25) is 4.79 Å². The number of carbonyl (C=O) groups excluding carboxylic acids is 1. The van der Waals surface area contributed by atoms with Crippen molar-refractivity contribution in [3.8, 4) is 17.2 Å². The molecular weight excluding hydrogens is 497 g/mol. The van der Waals surface area contributed by atoms with Gasteiger partial charge in [0.2, 0.25) is 0 Å². The first-order valence-corrected chi connectivity index (χ1v) is 12.1. The molecule has 10 nitrogen and oxygen atoms in total. The molecule has 0 fully saturated rings. The van der Waals surface area contributed by atoms with Crippen molar-refractivity contribution >= 4 is 23.1 Å². The summed E-state index contributed by atoms with van der Waals surface area (Å²) in [5, 5.41) is 19.4. The first-order valence-electron chi connectivity index (χ1n) is 12.1. The normalized spacial score (nSPS) is 11.6. The van der Waals surface area contributed by atoms with Crippen LogP contribution in [0.2, 0.25) is 0 Å². The number of carbonyl (C=O) groups is 1. The Kier molecular flexibility index (Phi) is 6.84. The summed E-state index contributed by atoms with van der Waals surface area (Å²) in [6.45, 7) is 3.76. The van der Waals surface area contributed by atoms with Crippen LogP contribution in [0.1, 0.15) is 45.8 Å². The van der Waals surface area contributed by atoms with Gasteiger partial charge in [-0.2, -0.15) is 10.4 Å². The summed E-state index contributed by atoms with van der Waals surface area (Å²) < 4.78 is 15.7. The van der Waals surface area contributed by atoms with E-state index in [1.54, 1.807) is 30.5 Å². The maximum atomic E-state index is 14.0. The molecule has 2 aromatic carbocycles. The zero-order valence-corrected chi connectivity index (χ0v) is 21.2. The fraction of sp³-hybridized carbons (Fsp3) is 0.143. The largest absolute Gasteiger partial charge is 0.382 e. The third-order valence-electron chi connectivity index (χ3n) is 6.35.